The van der Waals surface area contributed by atoms with Crippen molar-refractivity contribution in [3.8, 4) is 16.2 Å². The molecule has 3 aromatic heterocycles. The van der Waals surface area contributed by atoms with Gasteiger partial charge < -0.3 is 25.2 Å². The van der Waals surface area contributed by atoms with Crippen molar-refractivity contribution in [2.75, 3.05) is 39.0 Å². The Morgan fingerprint density at radius 3 is 2.65 bits per heavy atom. The summed E-state index contributed by atoms with van der Waals surface area (Å²) in [4.78, 5) is 24.8. The Morgan fingerprint density at radius 1 is 1.17 bits per heavy atom. The number of nitrogens with zero attached hydrogens (tertiary/aromatic N) is 6. The number of halogens is 5. The molecule has 52 heavy (non-hydrogen) atoms. The van der Waals surface area contributed by atoms with Gasteiger partial charge in [0.25, 0.3) is 0 Å². The highest BCUT2D eigenvalue weighted by molar-refractivity contribution is 7.22. The number of hydrogen-bond acceptors (Lipinski definition) is 10. The number of likely N-dealkylation sites (N-methyl/N-ethyl adjacent to an activating group) is 1. The van der Waals surface area contributed by atoms with Crippen LogP contribution >= 0.6 is 22.9 Å². The van der Waals surface area contributed by atoms with E-state index in [1.54, 1.807) is 35.9 Å². The number of likely N-dealkylation sites (tertiary alicyclic amines) is 1. The molecule has 2 atom stereocenters. The van der Waals surface area contributed by atoms with Gasteiger partial charge in [0.2, 0.25) is 0 Å². The lowest BCUT2D eigenvalue weighted by molar-refractivity contribution is -0.192. The summed E-state index contributed by atoms with van der Waals surface area (Å²) in [5.41, 5.74) is 4.86. The van der Waals surface area contributed by atoms with Crippen molar-refractivity contribution in [2.45, 2.75) is 50.7 Å². The Bertz CT molecular complexity index is 2060. The molecule has 4 heterocycles. The number of aliphatic hydroxyl groups excluding tert-OH is 1. The third-order valence-electron chi connectivity index (χ3n) is 8.85. The molecule has 2 aromatic carbocycles. The van der Waals surface area contributed by atoms with Gasteiger partial charge in [-0.2, -0.15) is 18.3 Å². The van der Waals surface area contributed by atoms with Crippen LogP contribution in [-0.4, -0.2) is 97.8 Å². The average Bonchev–Trinajstić information content (AvgIpc) is 3.81. The zero-order chi connectivity index (χ0) is 37.2. The van der Waals surface area contributed by atoms with Crippen molar-refractivity contribution in [3.63, 3.8) is 0 Å². The van der Waals surface area contributed by atoms with Gasteiger partial charge in [0, 0.05) is 41.5 Å². The van der Waals surface area contributed by atoms with Crippen molar-refractivity contribution in [1.82, 2.24) is 29.5 Å². The lowest BCUT2D eigenvalue weighted by Gasteiger charge is -2.22. The quantitative estimate of drug-likeness (QED) is 0.138. The summed E-state index contributed by atoms with van der Waals surface area (Å²) in [5.74, 6) is -1.83. The molecular weight excluding hydrogens is 726 g/mol. The van der Waals surface area contributed by atoms with Gasteiger partial charge in [0.15, 0.2) is 0 Å². The number of aliphatic hydroxyl groups is 1. The van der Waals surface area contributed by atoms with Crippen LogP contribution in [0.2, 0.25) is 5.02 Å². The average molecular weight is 762 g/mol. The molecule has 1 aliphatic carbocycles. The van der Waals surface area contributed by atoms with E-state index in [1.165, 1.54) is 17.7 Å². The standard InChI is InChI=1S/C33H35ClFN7O2S.C2HF3O2/c1-40(2)23-10-11-41(14-23)15-24(43)16-42-17-26-28(39-42)8-7-25-30-32(36-19-37-33(30)45-31(25)26)38-22-6-9-29(27(34)13-22)44-18-20-4-3-5-21(35)12-20;3-2(4,5)1(6)7/h3-6,9,12-13,17,19,23-24,43H,7-8,10-11,14-16,18H2,1-2H3,(H,36,37,38);(H,6,7)/t23-,24+;/m0./s1. The minimum Gasteiger partial charge on any atom is -0.487 e. The van der Waals surface area contributed by atoms with Crippen LogP contribution in [0.15, 0.2) is 55.0 Å². The number of carboxylic acid groups (broad SMARTS) is 1. The first-order chi connectivity index (χ1) is 24.7. The molecule has 0 bridgehead atoms. The molecule has 1 fully saturated rings. The van der Waals surface area contributed by atoms with Crippen LogP contribution in [0.25, 0.3) is 20.7 Å². The van der Waals surface area contributed by atoms with Crippen LogP contribution < -0.4 is 10.1 Å². The number of aliphatic carboxylic acids is 1. The second-order valence-corrected chi connectivity index (χ2v) is 14.2. The van der Waals surface area contributed by atoms with Crippen molar-refractivity contribution < 1.29 is 37.3 Å². The van der Waals surface area contributed by atoms with E-state index in [-0.39, 0.29) is 12.4 Å². The van der Waals surface area contributed by atoms with Gasteiger partial charge in [-0.25, -0.2) is 19.2 Å². The maximum atomic E-state index is 13.5. The van der Waals surface area contributed by atoms with E-state index < -0.39 is 18.2 Å². The van der Waals surface area contributed by atoms with Crippen LogP contribution in [0.3, 0.4) is 0 Å². The van der Waals surface area contributed by atoms with Gasteiger partial charge in [-0.05, 0) is 81.4 Å². The van der Waals surface area contributed by atoms with Crippen molar-refractivity contribution in [2.24, 2.45) is 0 Å². The summed E-state index contributed by atoms with van der Waals surface area (Å²) in [5, 5.41) is 27.8. The summed E-state index contributed by atoms with van der Waals surface area (Å²) >= 11 is 8.21. The van der Waals surface area contributed by atoms with E-state index >= 15 is 0 Å². The summed E-state index contributed by atoms with van der Waals surface area (Å²) in [7, 11) is 4.24. The normalized spacial score (nSPS) is 16.3. The Kier molecular flexibility index (Phi) is 11.3. The van der Waals surface area contributed by atoms with E-state index in [0.717, 1.165) is 75.8 Å². The van der Waals surface area contributed by atoms with E-state index in [2.05, 4.69) is 45.4 Å². The van der Waals surface area contributed by atoms with Crippen molar-refractivity contribution in [3.05, 3.63) is 82.6 Å². The number of nitrogens with one attached hydrogen (secondary N) is 1. The number of anilines is 2. The fraction of sp³-hybridized carbons (Fsp3) is 0.371. The van der Waals surface area contributed by atoms with Crippen LogP contribution in [0.5, 0.6) is 5.75 Å². The molecule has 17 heteroatoms. The third kappa shape index (κ3) is 8.81. The number of rotatable bonds is 10. The fourth-order valence-corrected chi connectivity index (χ4v) is 7.76. The lowest BCUT2D eigenvalue weighted by atomic mass is 9.95. The third-order valence-corrected chi connectivity index (χ3v) is 10.3. The van der Waals surface area contributed by atoms with Crippen molar-refractivity contribution in [1.29, 1.82) is 0 Å². The first-order valence-electron chi connectivity index (χ1n) is 16.4. The van der Waals surface area contributed by atoms with Crippen LogP contribution in [0.4, 0.5) is 29.1 Å². The number of thiophene rings is 1. The highest BCUT2D eigenvalue weighted by atomic mass is 35.5. The number of ether oxygens (including phenoxy) is 1. The minimum atomic E-state index is -5.08. The number of hydrogen-bond donors (Lipinski definition) is 3. The molecule has 1 aliphatic heterocycles. The number of benzene rings is 2. The number of alkyl halides is 3. The van der Waals surface area contributed by atoms with Gasteiger partial charge >= 0.3 is 12.1 Å². The zero-order valence-electron chi connectivity index (χ0n) is 28.2. The summed E-state index contributed by atoms with van der Waals surface area (Å²) in [6, 6.07) is 12.3. The van der Waals surface area contributed by atoms with E-state index in [0.29, 0.717) is 29.9 Å². The lowest BCUT2D eigenvalue weighted by Crippen LogP contribution is -2.36. The van der Waals surface area contributed by atoms with Gasteiger partial charge in [-0.15, -0.1) is 11.3 Å². The number of aryl methyl sites for hydroxylation is 2. The van der Waals surface area contributed by atoms with Crippen LogP contribution in [0.1, 0.15) is 23.2 Å². The Morgan fingerprint density at radius 2 is 1.96 bits per heavy atom. The van der Waals surface area contributed by atoms with E-state index in [9.17, 15) is 22.7 Å². The molecule has 11 nitrogen and oxygen atoms in total. The Balaban J connectivity index is 0.000000604. The summed E-state index contributed by atoms with van der Waals surface area (Å²) < 4.78 is 53.0. The summed E-state index contributed by atoms with van der Waals surface area (Å²) in [6.07, 6.45) is 0.852. The van der Waals surface area contributed by atoms with Gasteiger partial charge in [-0.3, -0.25) is 9.58 Å². The minimum absolute atomic E-state index is 0.213. The molecule has 0 amide bonds. The van der Waals surface area contributed by atoms with Gasteiger partial charge in [0.05, 0.1) is 28.8 Å². The molecule has 276 valence electrons. The predicted octanol–water partition coefficient (Wildman–Crippen LogP) is 6.40. The number of fused-ring (bicyclic) bond motifs is 5. The van der Waals surface area contributed by atoms with Gasteiger partial charge in [-0.1, -0.05) is 23.7 Å². The molecule has 0 radical (unpaired) electrons. The number of aromatic nitrogens is 4. The largest absolute Gasteiger partial charge is 0.490 e. The molecule has 2 aliphatic rings. The van der Waals surface area contributed by atoms with Crippen LogP contribution in [0, 0.1) is 5.82 Å². The first-order valence-corrected chi connectivity index (χ1v) is 17.6. The van der Waals surface area contributed by atoms with E-state index in [4.69, 9.17) is 31.3 Å². The number of carbonyl (C=O) groups is 1. The fourth-order valence-electron chi connectivity index (χ4n) is 6.31. The molecule has 0 saturated carbocycles. The molecule has 7 rings (SSSR count). The predicted molar refractivity (Wildman–Crippen MR) is 190 cm³/mol. The number of β-amino-alcohol motifs (C(OH)–C–C–N with tert-alkyl or cyclic N) is 1. The molecule has 5 aromatic rings. The second kappa shape index (κ2) is 15.7. The molecular formula is C35H36ClF4N7O4S. The van der Waals surface area contributed by atoms with Crippen molar-refractivity contribution >= 4 is 50.6 Å². The second-order valence-electron chi connectivity index (χ2n) is 12.8. The maximum absolute atomic E-state index is 13.5. The molecule has 1 saturated heterocycles. The molecule has 3 N–H and O–H groups in total. The molecule has 0 spiro atoms. The summed E-state index contributed by atoms with van der Waals surface area (Å²) in [6.45, 7) is 3.33. The monoisotopic (exact) mass is 761 g/mol. The highest BCUT2D eigenvalue weighted by Crippen LogP contribution is 2.45. The SMILES string of the molecule is CN(C)[C@H]1CCN(C[C@@H](O)Cn2cc3c(n2)CCc2c-3sc3ncnc(Nc4ccc(OCc5cccc(F)c5)c(Cl)c4)c23)C1.O=C(O)C(F)(F)F. The first kappa shape index (κ1) is 37.4. The number of carboxylic acids is 1. The maximum Gasteiger partial charge on any atom is 0.490 e. The Hall–Kier alpha value is -4.35. The van der Waals surface area contributed by atoms with Gasteiger partial charge in [0.1, 0.15) is 35.1 Å². The molecule has 0 unspecified atom stereocenters. The smallest absolute Gasteiger partial charge is 0.487 e. The topological polar surface area (TPSA) is 129 Å². The van der Waals surface area contributed by atoms with E-state index in [1.807, 2.05) is 16.8 Å². The van der Waals surface area contributed by atoms with Crippen LogP contribution in [-0.2, 0) is 30.8 Å². The highest BCUT2D eigenvalue weighted by Gasteiger charge is 2.38. The zero-order valence-corrected chi connectivity index (χ0v) is 29.8. The Labute approximate surface area is 305 Å².